The van der Waals surface area contributed by atoms with Gasteiger partial charge in [0.2, 0.25) is 5.91 Å². The highest BCUT2D eigenvalue weighted by Crippen LogP contribution is 2.23. The minimum atomic E-state index is -0.389. The second-order valence-electron chi connectivity index (χ2n) is 4.95. The highest BCUT2D eigenvalue weighted by Gasteiger charge is 2.15. The number of nitriles is 1. The van der Waals surface area contributed by atoms with E-state index in [0.717, 1.165) is 11.3 Å². The van der Waals surface area contributed by atoms with E-state index in [4.69, 9.17) is 5.26 Å². The number of anilines is 2. The van der Waals surface area contributed by atoms with Crippen molar-refractivity contribution in [3.63, 3.8) is 0 Å². The van der Waals surface area contributed by atoms with E-state index in [1.165, 1.54) is 16.9 Å². The maximum atomic E-state index is 12.2. The van der Waals surface area contributed by atoms with Crippen LogP contribution in [0.25, 0.3) is 0 Å². The molecule has 0 fully saturated rings. The molecule has 0 aliphatic rings. The summed E-state index contributed by atoms with van der Waals surface area (Å²) in [5, 5.41) is 17.3. The van der Waals surface area contributed by atoms with Crippen molar-refractivity contribution in [3.8, 4) is 6.07 Å². The van der Waals surface area contributed by atoms with Crippen LogP contribution in [-0.4, -0.2) is 11.9 Å². The normalized spacial score (nSPS) is 11.5. The molecule has 4 nitrogen and oxygen atoms in total. The van der Waals surface area contributed by atoms with Crippen LogP contribution in [0, 0.1) is 25.2 Å². The van der Waals surface area contributed by atoms with E-state index >= 15 is 0 Å². The Kier molecular flexibility index (Phi) is 4.61. The Bertz CT molecular complexity index is 700. The van der Waals surface area contributed by atoms with Gasteiger partial charge >= 0.3 is 0 Å². The fourth-order valence-corrected chi connectivity index (χ4v) is 2.73. The molecule has 0 saturated carbocycles. The third-order valence-electron chi connectivity index (χ3n) is 3.17. The van der Waals surface area contributed by atoms with Gasteiger partial charge in [-0.2, -0.15) is 5.26 Å². The summed E-state index contributed by atoms with van der Waals surface area (Å²) in [5.74, 6) is -0.158. The van der Waals surface area contributed by atoms with E-state index in [-0.39, 0.29) is 11.9 Å². The SMILES string of the molecule is Cc1ccc(NC(C)C(=O)Nc2sccc2C#N)c(C)c1. The summed E-state index contributed by atoms with van der Waals surface area (Å²) < 4.78 is 0. The average Bonchev–Trinajstić information content (AvgIpc) is 2.89. The van der Waals surface area contributed by atoms with E-state index in [2.05, 4.69) is 22.8 Å². The van der Waals surface area contributed by atoms with E-state index < -0.39 is 0 Å². The van der Waals surface area contributed by atoms with Crippen molar-refractivity contribution in [2.45, 2.75) is 26.8 Å². The summed E-state index contributed by atoms with van der Waals surface area (Å²) in [4.78, 5) is 12.2. The molecule has 1 atom stereocenters. The maximum absolute atomic E-state index is 12.2. The van der Waals surface area contributed by atoms with Crippen molar-refractivity contribution in [2.24, 2.45) is 0 Å². The molecule has 0 aliphatic heterocycles. The van der Waals surface area contributed by atoms with Crippen molar-refractivity contribution in [1.82, 2.24) is 0 Å². The van der Waals surface area contributed by atoms with Crippen LogP contribution in [0.15, 0.2) is 29.6 Å². The second kappa shape index (κ2) is 6.42. The maximum Gasteiger partial charge on any atom is 0.247 e. The first-order valence-electron chi connectivity index (χ1n) is 6.63. The lowest BCUT2D eigenvalue weighted by atomic mass is 10.1. The van der Waals surface area contributed by atoms with Crippen molar-refractivity contribution >= 4 is 27.9 Å². The molecule has 1 unspecified atom stereocenters. The van der Waals surface area contributed by atoms with Crippen molar-refractivity contribution in [2.75, 3.05) is 10.6 Å². The Balaban J connectivity index is 2.05. The minimum absolute atomic E-state index is 0.158. The summed E-state index contributed by atoms with van der Waals surface area (Å²) in [6.07, 6.45) is 0. The molecule has 2 aromatic rings. The quantitative estimate of drug-likeness (QED) is 0.905. The smallest absolute Gasteiger partial charge is 0.247 e. The average molecular weight is 299 g/mol. The molecule has 0 radical (unpaired) electrons. The molecule has 2 rings (SSSR count). The highest BCUT2D eigenvalue weighted by atomic mass is 32.1. The number of amides is 1. The van der Waals surface area contributed by atoms with Crippen LogP contribution in [0.5, 0.6) is 0 Å². The predicted octanol–water partition coefficient (Wildman–Crippen LogP) is 3.68. The molecular weight excluding hydrogens is 282 g/mol. The van der Waals surface area contributed by atoms with Gasteiger partial charge in [0.05, 0.1) is 5.56 Å². The van der Waals surface area contributed by atoms with Gasteiger partial charge in [0.1, 0.15) is 17.1 Å². The van der Waals surface area contributed by atoms with Gasteiger partial charge in [-0.25, -0.2) is 0 Å². The predicted molar refractivity (Wildman–Crippen MR) is 86.7 cm³/mol. The molecule has 1 aromatic carbocycles. The first-order valence-corrected chi connectivity index (χ1v) is 7.51. The van der Waals surface area contributed by atoms with Crippen LogP contribution < -0.4 is 10.6 Å². The van der Waals surface area contributed by atoms with Gasteiger partial charge < -0.3 is 10.6 Å². The fraction of sp³-hybridized carbons (Fsp3) is 0.250. The zero-order chi connectivity index (χ0) is 15.4. The van der Waals surface area contributed by atoms with Gasteiger partial charge in [0.15, 0.2) is 0 Å². The monoisotopic (exact) mass is 299 g/mol. The van der Waals surface area contributed by atoms with Crippen molar-refractivity contribution in [3.05, 3.63) is 46.3 Å². The van der Waals surface area contributed by atoms with E-state index in [0.29, 0.717) is 10.6 Å². The number of aryl methyl sites for hydroxylation is 2. The summed E-state index contributed by atoms with van der Waals surface area (Å²) in [5.41, 5.74) is 3.72. The number of thiophene rings is 1. The Morgan fingerprint density at radius 2 is 2.10 bits per heavy atom. The lowest BCUT2D eigenvalue weighted by Crippen LogP contribution is -2.32. The number of nitrogens with one attached hydrogen (secondary N) is 2. The van der Waals surface area contributed by atoms with Gasteiger partial charge in [-0.15, -0.1) is 11.3 Å². The molecule has 0 bridgehead atoms. The number of hydrogen-bond donors (Lipinski definition) is 2. The van der Waals surface area contributed by atoms with Gasteiger partial charge in [-0.1, -0.05) is 17.7 Å². The lowest BCUT2D eigenvalue weighted by Gasteiger charge is -2.16. The molecule has 108 valence electrons. The van der Waals surface area contributed by atoms with Gasteiger partial charge in [-0.3, -0.25) is 4.79 Å². The minimum Gasteiger partial charge on any atom is -0.374 e. The number of rotatable bonds is 4. The highest BCUT2D eigenvalue weighted by molar-refractivity contribution is 7.14. The topological polar surface area (TPSA) is 64.9 Å². The zero-order valence-electron chi connectivity index (χ0n) is 12.2. The summed E-state index contributed by atoms with van der Waals surface area (Å²) >= 11 is 1.35. The van der Waals surface area contributed by atoms with Crippen LogP contribution in [0.4, 0.5) is 10.7 Å². The number of nitrogens with zero attached hydrogens (tertiary/aromatic N) is 1. The Labute approximate surface area is 128 Å². The van der Waals surface area contributed by atoms with E-state index in [1.54, 1.807) is 18.4 Å². The number of benzene rings is 1. The van der Waals surface area contributed by atoms with Crippen LogP contribution in [0.1, 0.15) is 23.6 Å². The van der Waals surface area contributed by atoms with E-state index in [9.17, 15) is 4.79 Å². The summed E-state index contributed by atoms with van der Waals surface area (Å²) in [6, 6.07) is 9.42. The number of carbonyl (C=O) groups excluding carboxylic acids is 1. The molecular formula is C16H17N3OS. The molecule has 2 N–H and O–H groups in total. The summed E-state index contributed by atoms with van der Waals surface area (Å²) in [6.45, 7) is 5.84. The number of hydrogen-bond acceptors (Lipinski definition) is 4. The van der Waals surface area contributed by atoms with Crippen LogP contribution in [0.2, 0.25) is 0 Å². The largest absolute Gasteiger partial charge is 0.374 e. The molecule has 5 heteroatoms. The zero-order valence-corrected chi connectivity index (χ0v) is 13.0. The molecule has 1 aromatic heterocycles. The Morgan fingerprint density at radius 1 is 1.33 bits per heavy atom. The van der Waals surface area contributed by atoms with Crippen molar-refractivity contribution < 1.29 is 4.79 Å². The van der Waals surface area contributed by atoms with Crippen LogP contribution in [-0.2, 0) is 4.79 Å². The second-order valence-corrected chi connectivity index (χ2v) is 5.86. The Morgan fingerprint density at radius 3 is 2.76 bits per heavy atom. The molecule has 1 heterocycles. The molecule has 1 amide bonds. The van der Waals surface area contributed by atoms with Crippen LogP contribution in [0.3, 0.4) is 0 Å². The standard InChI is InChI=1S/C16H17N3OS/c1-10-4-5-14(11(2)8-10)18-12(3)15(20)19-16-13(9-17)6-7-21-16/h4-8,12,18H,1-3H3,(H,19,20). The third kappa shape index (κ3) is 3.61. The van der Waals surface area contributed by atoms with Gasteiger partial charge in [-0.05, 0) is 43.8 Å². The summed E-state index contributed by atoms with van der Waals surface area (Å²) in [7, 11) is 0. The third-order valence-corrected chi connectivity index (χ3v) is 4.00. The lowest BCUT2D eigenvalue weighted by molar-refractivity contribution is -0.116. The fourth-order valence-electron chi connectivity index (χ4n) is 1.99. The Hall–Kier alpha value is -2.32. The van der Waals surface area contributed by atoms with Crippen LogP contribution >= 0.6 is 11.3 Å². The molecule has 0 aliphatic carbocycles. The molecule has 0 saturated heterocycles. The molecule has 0 spiro atoms. The number of carbonyl (C=O) groups is 1. The first-order chi connectivity index (χ1) is 10.0. The van der Waals surface area contributed by atoms with Gasteiger partial charge in [0, 0.05) is 5.69 Å². The van der Waals surface area contributed by atoms with Crippen molar-refractivity contribution in [1.29, 1.82) is 5.26 Å². The van der Waals surface area contributed by atoms with E-state index in [1.807, 2.05) is 26.0 Å². The molecule has 21 heavy (non-hydrogen) atoms. The van der Waals surface area contributed by atoms with Gasteiger partial charge in [0.25, 0.3) is 0 Å². The first kappa shape index (κ1) is 15.1.